The van der Waals surface area contributed by atoms with Crippen molar-refractivity contribution in [2.24, 2.45) is 11.3 Å². The Labute approximate surface area is 99.8 Å². The molecule has 2 N–H and O–H groups in total. The second-order valence-corrected chi connectivity index (χ2v) is 6.11. The normalized spacial score (nSPS) is 34.1. The summed E-state index contributed by atoms with van der Waals surface area (Å²) < 4.78 is 0. The largest absolute Gasteiger partial charge is 0.396 e. The van der Waals surface area contributed by atoms with E-state index in [9.17, 15) is 5.11 Å². The van der Waals surface area contributed by atoms with Gasteiger partial charge in [0.05, 0.1) is 0 Å². The summed E-state index contributed by atoms with van der Waals surface area (Å²) in [5.74, 6) is 0.833. The maximum absolute atomic E-state index is 9.64. The van der Waals surface area contributed by atoms with E-state index in [1.165, 1.54) is 51.4 Å². The van der Waals surface area contributed by atoms with Gasteiger partial charge in [0.1, 0.15) is 0 Å². The molecule has 0 spiro atoms. The van der Waals surface area contributed by atoms with Crippen LogP contribution >= 0.6 is 0 Å². The smallest absolute Gasteiger partial charge is 0.0499 e. The summed E-state index contributed by atoms with van der Waals surface area (Å²) in [4.78, 5) is 0. The Morgan fingerprint density at radius 3 is 2.44 bits per heavy atom. The minimum atomic E-state index is 0.209. The molecule has 2 saturated carbocycles. The van der Waals surface area contributed by atoms with Gasteiger partial charge in [0.25, 0.3) is 0 Å². The van der Waals surface area contributed by atoms with Gasteiger partial charge in [0, 0.05) is 24.6 Å². The lowest BCUT2D eigenvalue weighted by atomic mass is 9.74. The molecule has 2 atom stereocenters. The average Bonchev–Trinajstić information content (AvgIpc) is 2.74. The van der Waals surface area contributed by atoms with E-state index in [1.807, 2.05) is 0 Å². The fourth-order valence-corrected chi connectivity index (χ4v) is 3.49. The van der Waals surface area contributed by atoms with Gasteiger partial charge >= 0.3 is 0 Å². The Morgan fingerprint density at radius 2 is 1.88 bits per heavy atom. The van der Waals surface area contributed by atoms with E-state index in [4.69, 9.17) is 0 Å². The van der Waals surface area contributed by atoms with Crippen molar-refractivity contribution in [1.82, 2.24) is 5.32 Å². The molecule has 16 heavy (non-hydrogen) atoms. The van der Waals surface area contributed by atoms with Crippen LogP contribution in [0.4, 0.5) is 0 Å². The lowest BCUT2D eigenvalue weighted by Gasteiger charge is -2.37. The molecule has 0 aromatic carbocycles. The number of aliphatic hydroxyl groups is 1. The lowest BCUT2D eigenvalue weighted by Crippen LogP contribution is -2.43. The van der Waals surface area contributed by atoms with Crippen molar-refractivity contribution in [3.05, 3.63) is 0 Å². The van der Waals surface area contributed by atoms with Crippen LogP contribution in [0.2, 0.25) is 0 Å². The third-order valence-corrected chi connectivity index (χ3v) is 4.85. The van der Waals surface area contributed by atoms with Crippen molar-refractivity contribution in [3.8, 4) is 0 Å². The van der Waals surface area contributed by atoms with Gasteiger partial charge in [-0.2, -0.15) is 0 Å². The number of nitrogens with one attached hydrogen (secondary N) is 1. The second-order valence-electron chi connectivity index (χ2n) is 6.11. The molecule has 0 aromatic heterocycles. The van der Waals surface area contributed by atoms with Crippen LogP contribution in [-0.2, 0) is 0 Å². The zero-order chi connectivity index (χ0) is 11.4. The minimum absolute atomic E-state index is 0.209. The fraction of sp³-hybridized carbons (Fsp3) is 1.00. The van der Waals surface area contributed by atoms with Crippen LogP contribution in [-0.4, -0.2) is 24.3 Å². The molecular weight excluding hydrogens is 198 g/mol. The molecule has 2 nitrogen and oxygen atoms in total. The summed E-state index contributed by atoms with van der Waals surface area (Å²) in [5.41, 5.74) is 0.209. The van der Waals surface area contributed by atoms with Gasteiger partial charge in [-0.1, -0.05) is 32.6 Å². The first kappa shape index (κ1) is 12.4. The number of hydrogen-bond acceptors (Lipinski definition) is 2. The van der Waals surface area contributed by atoms with Gasteiger partial charge in [-0.3, -0.25) is 0 Å². The highest BCUT2D eigenvalue weighted by atomic mass is 16.3. The molecule has 0 saturated heterocycles. The lowest BCUT2D eigenvalue weighted by molar-refractivity contribution is 0.0770. The van der Waals surface area contributed by atoms with E-state index in [1.54, 1.807) is 0 Å². The highest BCUT2D eigenvalue weighted by Crippen LogP contribution is 2.36. The van der Waals surface area contributed by atoms with Gasteiger partial charge in [-0.05, 0) is 31.6 Å². The summed E-state index contributed by atoms with van der Waals surface area (Å²) in [7, 11) is 0. The number of rotatable bonds is 4. The Hall–Kier alpha value is -0.0800. The van der Waals surface area contributed by atoms with Crippen molar-refractivity contribution in [2.45, 2.75) is 64.3 Å². The van der Waals surface area contributed by atoms with Crippen LogP contribution in [0.15, 0.2) is 0 Å². The van der Waals surface area contributed by atoms with Crippen LogP contribution < -0.4 is 5.32 Å². The first-order chi connectivity index (χ1) is 7.76. The topological polar surface area (TPSA) is 32.3 Å². The fourth-order valence-electron chi connectivity index (χ4n) is 3.49. The second kappa shape index (κ2) is 5.50. The Morgan fingerprint density at radius 1 is 1.12 bits per heavy atom. The van der Waals surface area contributed by atoms with Crippen LogP contribution in [0.5, 0.6) is 0 Å². The van der Waals surface area contributed by atoms with Gasteiger partial charge in [-0.25, -0.2) is 0 Å². The van der Waals surface area contributed by atoms with Crippen molar-refractivity contribution >= 4 is 0 Å². The summed E-state index contributed by atoms with van der Waals surface area (Å²) in [6.45, 7) is 3.77. The van der Waals surface area contributed by atoms with E-state index >= 15 is 0 Å². The van der Waals surface area contributed by atoms with Crippen LogP contribution in [0.1, 0.15) is 58.3 Å². The molecule has 2 unspecified atom stereocenters. The highest BCUT2D eigenvalue weighted by molar-refractivity contribution is 4.88. The first-order valence-corrected chi connectivity index (χ1v) is 7.10. The average molecular weight is 225 g/mol. The summed E-state index contributed by atoms with van der Waals surface area (Å²) in [6, 6.07) is 0.713. The third kappa shape index (κ3) is 2.78. The maximum Gasteiger partial charge on any atom is 0.0499 e. The minimum Gasteiger partial charge on any atom is -0.396 e. The van der Waals surface area contributed by atoms with E-state index < -0.39 is 0 Å². The SMILES string of the molecule is CC1CCCC1NCC1(CO)CCCCC1. The van der Waals surface area contributed by atoms with E-state index in [-0.39, 0.29) is 5.41 Å². The van der Waals surface area contributed by atoms with Crippen molar-refractivity contribution < 1.29 is 5.11 Å². The van der Waals surface area contributed by atoms with Gasteiger partial charge in [0.15, 0.2) is 0 Å². The first-order valence-electron chi connectivity index (χ1n) is 7.10. The zero-order valence-corrected chi connectivity index (χ0v) is 10.7. The molecular formula is C14H27NO. The molecule has 0 bridgehead atoms. The van der Waals surface area contributed by atoms with E-state index in [0.717, 1.165) is 12.5 Å². The summed E-state index contributed by atoms with van der Waals surface area (Å²) in [5, 5.41) is 13.4. The molecule has 0 aromatic rings. The highest BCUT2D eigenvalue weighted by Gasteiger charge is 2.33. The Kier molecular flexibility index (Phi) is 4.26. The van der Waals surface area contributed by atoms with Gasteiger partial charge < -0.3 is 10.4 Å². The molecule has 2 rings (SSSR count). The predicted octanol–water partition coefficient (Wildman–Crippen LogP) is 2.71. The van der Waals surface area contributed by atoms with Crippen LogP contribution in [0, 0.1) is 11.3 Å². The molecule has 0 aliphatic heterocycles. The molecule has 2 fully saturated rings. The van der Waals surface area contributed by atoms with Crippen molar-refractivity contribution in [2.75, 3.05) is 13.2 Å². The molecule has 2 aliphatic rings. The maximum atomic E-state index is 9.64. The van der Waals surface area contributed by atoms with E-state index in [0.29, 0.717) is 12.6 Å². The van der Waals surface area contributed by atoms with Gasteiger partial charge in [-0.15, -0.1) is 0 Å². The zero-order valence-electron chi connectivity index (χ0n) is 10.7. The Balaban J connectivity index is 1.82. The standard InChI is InChI=1S/C14H27NO/c1-12-6-5-7-13(12)15-10-14(11-16)8-3-2-4-9-14/h12-13,15-16H,2-11H2,1H3. The van der Waals surface area contributed by atoms with Crippen LogP contribution in [0.25, 0.3) is 0 Å². The number of hydrogen-bond donors (Lipinski definition) is 2. The predicted molar refractivity (Wildman–Crippen MR) is 67.4 cm³/mol. The molecule has 94 valence electrons. The number of aliphatic hydroxyl groups excluding tert-OH is 1. The monoisotopic (exact) mass is 225 g/mol. The van der Waals surface area contributed by atoms with Crippen molar-refractivity contribution in [1.29, 1.82) is 0 Å². The van der Waals surface area contributed by atoms with Crippen LogP contribution in [0.3, 0.4) is 0 Å². The molecule has 2 heteroatoms. The molecule has 0 heterocycles. The van der Waals surface area contributed by atoms with E-state index in [2.05, 4.69) is 12.2 Å². The summed E-state index contributed by atoms with van der Waals surface area (Å²) in [6.07, 6.45) is 10.5. The third-order valence-electron chi connectivity index (χ3n) is 4.85. The quantitative estimate of drug-likeness (QED) is 0.771. The molecule has 0 radical (unpaired) electrons. The summed E-state index contributed by atoms with van der Waals surface area (Å²) >= 11 is 0. The van der Waals surface area contributed by atoms with Gasteiger partial charge in [0.2, 0.25) is 0 Å². The van der Waals surface area contributed by atoms with Crippen molar-refractivity contribution in [3.63, 3.8) is 0 Å². The molecule has 0 amide bonds. The molecule has 2 aliphatic carbocycles. The Bertz CT molecular complexity index is 211.